The number of carbonyl (C=O) groups excluding carboxylic acids is 1. The van der Waals surface area contributed by atoms with Gasteiger partial charge in [-0.25, -0.2) is 0 Å². The van der Waals surface area contributed by atoms with Gasteiger partial charge in [-0.2, -0.15) is 10.2 Å². The highest BCUT2D eigenvalue weighted by atomic mass is 16.1. The number of amides is 1. The lowest BCUT2D eigenvalue weighted by atomic mass is 9.92. The molecule has 3 rings (SSSR count). The maximum atomic E-state index is 12.4. The van der Waals surface area contributed by atoms with Crippen LogP contribution in [0, 0.1) is 0 Å². The summed E-state index contributed by atoms with van der Waals surface area (Å²) in [5.41, 5.74) is 5.48. The number of nitrogens with one attached hydrogen (secondary N) is 2. The number of carbonyl (C=O) groups is 1. The topological polar surface area (TPSA) is 78.8 Å². The second-order valence-electron chi connectivity index (χ2n) is 8.68. The van der Waals surface area contributed by atoms with Gasteiger partial charge in [-0.05, 0) is 31.8 Å². The van der Waals surface area contributed by atoms with E-state index >= 15 is 0 Å². The van der Waals surface area contributed by atoms with E-state index in [1.54, 1.807) is 0 Å². The molecule has 7 heteroatoms. The van der Waals surface area contributed by atoms with E-state index in [1.807, 2.05) is 56.2 Å². The van der Waals surface area contributed by atoms with Crippen molar-refractivity contribution in [2.75, 3.05) is 14.1 Å². The first-order valence-corrected chi connectivity index (χ1v) is 9.74. The quantitative estimate of drug-likeness (QED) is 0.673. The molecule has 2 N–H and O–H groups in total. The summed E-state index contributed by atoms with van der Waals surface area (Å²) in [6.07, 6.45) is 0. The van der Waals surface area contributed by atoms with Crippen LogP contribution in [-0.4, -0.2) is 44.9 Å². The van der Waals surface area contributed by atoms with Gasteiger partial charge in [0.1, 0.15) is 5.69 Å². The minimum atomic E-state index is -0.182. The van der Waals surface area contributed by atoms with Crippen molar-refractivity contribution in [1.82, 2.24) is 30.2 Å². The molecule has 154 valence electrons. The molecule has 7 nitrogen and oxygen atoms in total. The first kappa shape index (κ1) is 20.8. The molecule has 2 aromatic heterocycles. The highest BCUT2D eigenvalue weighted by Gasteiger charge is 2.19. The summed E-state index contributed by atoms with van der Waals surface area (Å²) in [6, 6.07) is 12.0. The van der Waals surface area contributed by atoms with Crippen LogP contribution >= 0.6 is 0 Å². The zero-order valence-corrected chi connectivity index (χ0v) is 18.1. The van der Waals surface area contributed by atoms with Gasteiger partial charge in [0, 0.05) is 36.8 Å². The summed E-state index contributed by atoms with van der Waals surface area (Å²) in [5, 5.41) is 14.6. The second-order valence-corrected chi connectivity index (χ2v) is 8.68. The number of H-pyrrole nitrogens is 1. The van der Waals surface area contributed by atoms with Crippen LogP contribution in [0.2, 0.25) is 0 Å². The molecule has 0 unspecified atom stereocenters. The van der Waals surface area contributed by atoms with Crippen molar-refractivity contribution in [2.45, 2.75) is 39.3 Å². The Kier molecular flexibility index (Phi) is 5.88. The number of aryl methyl sites for hydroxylation is 1. The summed E-state index contributed by atoms with van der Waals surface area (Å²) in [5.74, 6) is -0.182. The smallest absolute Gasteiger partial charge is 0.272 e. The molecule has 0 fully saturated rings. The summed E-state index contributed by atoms with van der Waals surface area (Å²) >= 11 is 0. The van der Waals surface area contributed by atoms with E-state index in [-0.39, 0.29) is 11.3 Å². The van der Waals surface area contributed by atoms with E-state index in [4.69, 9.17) is 0 Å². The van der Waals surface area contributed by atoms with E-state index in [0.717, 1.165) is 34.8 Å². The van der Waals surface area contributed by atoms with E-state index in [2.05, 4.69) is 52.4 Å². The van der Waals surface area contributed by atoms with Crippen LogP contribution in [0.5, 0.6) is 0 Å². The Morgan fingerprint density at radius 3 is 2.45 bits per heavy atom. The van der Waals surface area contributed by atoms with E-state index in [1.165, 1.54) is 0 Å². The molecule has 0 aliphatic rings. The van der Waals surface area contributed by atoms with Crippen molar-refractivity contribution >= 4 is 5.91 Å². The van der Waals surface area contributed by atoms with Crippen LogP contribution in [0.3, 0.4) is 0 Å². The number of hydrogen-bond acceptors (Lipinski definition) is 4. The molecule has 29 heavy (non-hydrogen) atoms. The Hall–Kier alpha value is -2.93. The summed E-state index contributed by atoms with van der Waals surface area (Å²) in [4.78, 5) is 14.5. The third-order valence-corrected chi connectivity index (χ3v) is 4.78. The van der Waals surface area contributed by atoms with Crippen molar-refractivity contribution in [3.8, 4) is 11.3 Å². The predicted octanol–water partition coefficient (Wildman–Crippen LogP) is 3.10. The van der Waals surface area contributed by atoms with Gasteiger partial charge in [0.15, 0.2) is 0 Å². The Balaban J connectivity index is 1.62. The van der Waals surface area contributed by atoms with Gasteiger partial charge in [0.2, 0.25) is 0 Å². The maximum absolute atomic E-state index is 12.4. The van der Waals surface area contributed by atoms with Crippen LogP contribution in [-0.2, 0) is 25.6 Å². The number of benzene rings is 1. The number of aromatic amines is 1. The molecule has 0 spiro atoms. The average molecular weight is 395 g/mol. The van der Waals surface area contributed by atoms with Gasteiger partial charge in [0.25, 0.3) is 5.91 Å². The van der Waals surface area contributed by atoms with Gasteiger partial charge in [0.05, 0.1) is 11.4 Å². The van der Waals surface area contributed by atoms with Crippen molar-refractivity contribution in [1.29, 1.82) is 0 Å². The fourth-order valence-corrected chi connectivity index (χ4v) is 3.01. The summed E-state index contributed by atoms with van der Waals surface area (Å²) < 4.78 is 1.92. The molecule has 0 saturated heterocycles. The van der Waals surface area contributed by atoms with E-state index in [9.17, 15) is 4.79 Å². The molecule has 0 aliphatic carbocycles. The number of aromatic nitrogens is 4. The molecule has 2 heterocycles. The molecule has 0 radical (unpaired) electrons. The molecule has 1 aromatic carbocycles. The minimum Gasteiger partial charge on any atom is -0.347 e. The van der Waals surface area contributed by atoms with Crippen molar-refractivity contribution in [3.63, 3.8) is 0 Å². The lowest BCUT2D eigenvalue weighted by molar-refractivity contribution is 0.0946. The average Bonchev–Trinajstić information content (AvgIpc) is 3.27. The first-order valence-electron chi connectivity index (χ1n) is 9.74. The lowest BCUT2D eigenvalue weighted by Crippen LogP contribution is -2.23. The molecule has 0 atom stereocenters. The van der Waals surface area contributed by atoms with Crippen molar-refractivity contribution < 1.29 is 4.79 Å². The minimum absolute atomic E-state index is 0.0702. The number of hydrogen-bond donors (Lipinski definition) is 2. The van der Waals surface area contributed by atoms with Crippen molar-refractivity contribution in [2.24, 2.45) is 7.05 Å². The Bertz CT molecular complexity index is 976. The van der Waals surface area contributed by atoms with Gasteiger partial charge in [-0.1, -0.05) is 45.0 Å². The van der Waals surface area contributed by atoms with Gasteiger partial charge >= 0.3 is 0 Å². The predicted molar refractivity (Wildman–Crippen MR) is 114 cm³/mol. The summed E-state index contributed by atoms with van der Waals surface area (Å²) in [6.45, 7) is 7.53. The SMILES string of the molecule is CN(C)Cc1cc(-c2ccc(CNC(=O)c3cc(C(C)(C)C)[nH]n3)cc2)nn1C. The second kappa shape index (κ2) is 8.21. The largest absolute Gasteiger partial charge is 0.347 e. The standard InChI is InChI=1S/C22H30N6O/c1-22(2,3)20-12-19(24-25-20)21(29)23-13-15-7-9-16(10-8-15)18-11-17(14-27(4)5)28(6)26-18/h7-12H,13-14H2,1-6H3,(H,23,29)(H,24,25). The zero-order valence-electron chi connectivity index (χ0n) is 18.1. The Labute approximate surface area is 172 Å². The van der Waals surface area contributed by atoms with Crippen LogP contribution in [0.25, 0.3) is 11.3 Å². The van der Waals surface area contributed by atoms with Crippen molar-refractivity contribution in [3.05, 3.63) is 59.0 Å². The lowest BCUT2D eigenvalue weighted by Gasteiger charge is -2.14. The number of rotatable bonds is 6. The fraction of sp³-hybridized carbons (Fsp3) is 0.409. The molecule has 0 aliphatic heterocycles. The van der Waals surface area contributed by atoms with Crippen LogP contribution in [0.15, 0.2) is 36.4 Å². The molecular formula is C22H30N6O. The zero-order chi connectivity index (χ0) is 21.2. The van der Waals surface area contributed by atoms with E-state index in [0.29, 0.717) is 12.2 Å². The molecular weight excluding hydrogens is 364 g/mol. The Morgan fingerprint density at radius 2 is 1.86 bits per heavy atom. The van der Waals surface area contributed by atoms with Gasteiger partial charge in [-0.15, -0.1) is 0 Å². The Morgan fingerprint density at radius 1 is 1.17 bits per heavy atom. The highest BCUT2D eigenvalue weighted by Crippen LogP contribution is 2.21. The fourth-order valence-electron chi connectivity index (χ4n) is 3.01. The van der Waals surface area contributed by atoms with Gasteiger partial charge < -0.3 is 10.2 Å². The van der Waals surface area contributed by atoms with Crippen LogP contribution < -0.4 is 5.32 Å². The summed E-state index contributed by atoms with van der Waals surface area (Å²) in [7, 11) is 6.05. The molecule has 0 bridgehead atoms. The van der Waals surface area contributed by atoms with Crippen LogP contribution in [0.1, 0.15) is 48.2 Å². The third-order valence-electron chi connectivity index (χ3n) is 4.78. The number of nitrogens with zero attached hydrogens (tertiary/aromatic N) is 4. The maximum Gasteiger partial charge on any atom is 0.272 e. The third kappa shape index (κ3) is 5.12. The highest BCUT2D eigenvalue weighted by molar-refractivity contribution is 5.92. The molecule has 0 saturated carbocycles. The normalized spacial score (nSPS) is 11.8. The monoisotopic (exact) mass is 394 g/mol. The molecule has 3 aromatic rings. The van der Waals surface area contributed by atoms with Crippen LogP contribution in [0.4, 0.5) is 0 Å². The van der Waals surface area contributed by atoms with Gasteiger partial charge in [-0.3, -0.25) is 14.6 Å². The first-order chi connectivity index (χ1) is 13.6. The van der Waals surface area contributed by atoms with E-state index < -0.39 is 0 Å². The molecule has 1 amide bonds.